The van der Waals surface area contributed by atoms with Crippen LogP contribution in [-0.2, 0) is 11.3 Å². The molecule has 5 heteroatoms. The predicted molar refractivity (Wildman–Crippen MR) is 100 cm³/mol. The number of aliphatic hydroxyl groups is 1. The molecule has 0 spiro atoms. The second-order valence-corrected chi connectivity index (χ2v) is 7.25. The molecule has 0 saturated heterocycles. The summed E-state index contributed by atoms with van der Waals surface area (Å²) in [5.74, 6) is 0.747. The van der Waals surface area contributed by atoms with Gasteiger partial charge in [-0.25, -0.2) is 0 Å². The first-order valence-corrected chi connectivity index (χ1v) is 9.06. The summed E-state index contributed by atoms with van der Waals surface area (Å²) in [7, 11) is 0. The Balaban J connectivity index is 2.73. The van der Waals surface area contributed by atoms with Crippen LogP contribution < -0.4 is 10.1 Å². The van der Waals surface area contributed by atoms with Crippen molar-refractivity contribution in [2.75, 3.05) is 19.8 Å². The van der Waals surface area contributed by atoms with Gasteiger partial charge >= 0.3 is 0 Å². The van der Waals surface area contributed by atoms with E-state index in [1.165, 1.54) is 0 Å². The maximum atomic E-state index is 11.9. The van der Waals surface area contributed by atoms with E-state index >= 15 is 0 Å². The van der Waals surface area contributed by atoms with Crippen LogP contribution in [0.5, 0.6) is 5.75 Å². The number of Topliss-reactive ketones (excluding diaryl/α,β-unsaturated/α-hetero) is 1. The van der Waals surface area contributed by atoms with Crippen LogP contribution in [0.4, 0.5) is 0 Å². The van der Waals surface area contributed by atoms with Crippen LogP contribution in [0.3, 0.4) is 0 Å². The summed E-state index contributed by atoms with van der Waals surface area (Å²) >= 11 is 0. The lowest BCUT2D eigenvalue weighted by Gasteiger charge is -2.23. The quantitative estimate of drug-likeness (QED) is 0.473. The predicted octanol–water partition coefficient (Wildman–Crippen LogP) is 3.33. The fourth-order valence-corrected chi connectivity index (χ4v) is 2.21. The van der Waals surface area contributed by atoms with Gasteiger partial charge in [0.25, 0.3) is 0 Å². The van der Waals surface area contributed by atoms with Crippen molar-refractivity contribution in [2.45, 2.75) is 65.7 Å². The molecule has 0 fully saturated rings. The number of hydrogen-bond acceptors (Lipinski definition) is 5. The van der Waals surface area contributed by atoms with E-state index in [-0.39, 0.29) is 17.9 Å². The minimum atomic E-state index is -0.611. The molecule has 0 aromatic heterocycles. The molecule has 5 nitrogen and oxygen atoms in total. The molecule has 2 N–H and O–H groups in total. The zero-order valence-electron chi connectivity index (χ0n) is 16.2. The summed E-state index contributed by atoms with van der Waals surface area (Å²) in [6.45, 7) is 11.7. The molecule has 0 saturated carbocycles. The average Bonchev–Trinajstić information content (AvgIpc) is 2.57. The minimum absolute atomic E-state index is 0.0533. The fourth-order valence-electron chi connectivity index (χ4n) is 2.21. The number of carbonyl (C=O) groups is 1. The van der Waals surface area contributed by atoms with Gasteiger partial charge in [-0.15, -0.1) is 0 Å². The van der Waals surface area contributed by atoms with Crippen LogP contribution in [0, 0.1) is 0 Å². The third-order valence-corrected chi connectivity index (χ3v) is 3.61. The van der Waals surface area contributed by atoms with Crippen molar-refractivity contribution in [3.63, 3.8) is 0 Å². The lowest BCUT2D eigenvalue weighted by atomic mass is 10.1. The number of ether oxygens (including phenoxy) is 2. The molecule has 1 aromatic rings. The number of hydrogen-bond donors (Lipinski definition) is 2. The van der Waals surface area contributed by atoms with Gasteiger partial charge in [0.05, 0.1) is 6.61 Å². The first-order chi connectivity index (χ1) is 11.8. The van der Waals surface area contributed by atoms with Crippen LogP contribution in [0.2, 0.25) is 0 Å². The van der Waals surface area contributed by atoms with Crippen LogP contribution in [0.25, 0.3) is 0 Å². The SMILES string of the molecule is CCCOCc1cc(C(=O)CC)ccc1OC[C@@H](O)CNC(C)(C)C. The summed E-state index contributed by atoms with van der Waals surface area (Å²) in [5.41, 5.74) is 1.45. The largest absolute Gasteiger partial charge is 0.490 e. The molecule has 1 rings (SSSR count). The van der Waals surface area contributed by atoms with E-state index in [0.29, 0.717) is 37.5 Å². The standard InChI is InChI=1S/C20H33NO4/c1-6-10-24-13-16-11-15(18(23)7-2)8-9-19(16)25-14-17(22)12-21-20(3,4)5/h8-9,11,17,21-22H,6-7,10,12-14H2,1-5H3/t17-/m0/s1. The van der Waals surface area contributed by atoms with E-state index in [1.807, 2.05) is 40.7 Å². The van der Waals surface area contributed by atoms with Gasteiger partial charge in [-0.1, -0.05) is 13.8 Å². The highest BCUT2D eigenvalue weighted by Gasteiger charge is 2.14. The molecule has 0 heterocycles. The van der Waals surface area contributed by atoms with E-state index < -0.39 is 6.10 Å². The molecule has 142 valence electrons. The molecule has 1 atom stereocenters. The number of ketones is 1. The number of rotatable bonds is 11. The molecular formula is C20H33NO4. The smallest absolute Gasteiger partial charge is 0.162 e. The van der Waals surface area contributed by atoms with Gasteiger partial charge in [-0.05, 0) is 45.4 Å². The van der Waals surface area contributed by atoms with Crippen molar-refractivity contribution in [1.29, 1.82) is 0 Å². The summed E-state index contributed by atoms with van der Waals surface area (Å²) in [6.07, 6.45) is 0.786. The molecule has 25 heavy (non-hydrogen) atoms. The van der Waals surface area contributed by atoms with Gasteiger partial charge in [0.1, 0.15) is 18.5 Å². The fraction of sp³-hybridized carbons (Fsp3) is 0.650. The first kappa shape index (κ1) is 21.6. The van der Waals surface area contributed by atoms with Gasteiger partial charge in [0, 0.05) is 36.2 Å². The Morgan fingerprint density at radius 2 is 2.00 bits per heavy atom. The molecule has 0 radical (unpaired) electrons. The highest BCUT2D eigenvalue weighted by Crippen LogP contribution is 2.22. The summed E-state index contributed by atoms with van der Waals surface area (Å²) in [4.78, 5) is 11.9. The van der Waals surface area contributed by atoms with Crippen molar-refractivity contribution in [2.24, 2.45) is 0 Å². The van der Waals surface area contributed by atoms with Crippen molar-refractivity contribution >= 4 is 5.78 Å². The highest BCUT2D eigenvalue weighted by molar-refractivity contribution is 5.96. The van der Waals surface area contributed by atoms with Crippen LogP contribution in [0.15, 0.2) is 18.2 Å². The third-order valence-electron chi connectivity index (χ3n) is 3.61. The molecule has 0 aliphatic rings. The van der Waals surface area contributed by atoms with Crippen LogP contribution >= 0.6 is 0 Å². The van der Waals surface area contributed by atoms with Gasteiger partial charge in [0.2, 0.25) is 0 Å². The van der Waals surface area contributed by atoms with Crippen molar-refractivity contribution < 1.29 is 19.4 Å². The Morgan fingerprint density at radius 3 is 2.60 bits per heavy atom. The van der Waals surface area contributed by atoms with Gasteiger partial charge < -0.3 is 19.9 Å². The molecule has 1 aromatic carbocycles. The lowest BCUT2D eigenvalue weighted by Crippen LogP contribution is -2.42. The number of nitrogens with one attached hydrogen (secondary N) is 1. The minimum Gasteiger partial charge on any atom is -0.490 e. The van der Waals surface area contributed by atoms with Crippen molar-refractivity contribution in [3.8, 4) is 5.75 Å². The van der Waals surface area contributed by atoms with Crippen LogP contribution in [0.1, 0.15) is 63.4 Å². The van der Waals surface area contributed by atoms with Crippen LogP contribution in [-0.4, -0.2) is 42.3 Å². The van der Waals surface area contributed by atoms with E-state index in [2.05, 4.69) is 5.32 Å². The zero-order chi connectivity index (χ0) is 18.9. The number of benzene rings is 1. The number of β-amino-alcohol motifs (C(OH)–C–C–N with tert-alkyl or cyclic N) is 1. The van der Waals surface area contributed by atoms with Gasteiger partial charge in [-0.3, -0.25) is 4.79 Å². The van der Waals surface area contributed by atoms with Gasteiger partial charge in [-0.2, -0.15) is 0 Å². The Bertz CT molecular complexity index is 537. The Hall–Kier alpha value is -1.43. The van der Waals surface area contributed by atoms with E-state index in [9.17, 15) is 9.90 Å². The maximum absolute atomic E-state index is 11.9. The molecular weight excluding hydrogens is 318 g/mol. The molecule has 0 unspecified atom stereocenters. The summed E-state index contributed by atoms with van der Waals surface area (Å²) in [5, 5.41) is 13.3. The second-order valence-electron chi connectivity index (χ2n) is 7.25. The summed E-state index contributed by atoms with van der Waals surface area (Å²) in [6, 6.07) is 5.39. The summed E-state index contributed by atoms with van der Waals surface area (Å²) < 4.78 is 11.4. The topological polar surface area (TPSA) is 67.8 Å². The third kappa shape index (κ3) is 8.47. The normalized spacial score (nSPS) is 12.9. The Kier molecular flexibility index (Phi) is 9.11. The molecule has 0 aliphatic carbocycles. The Morgan fingerprint density at radius 1 is 1.28 bits per heavy atom. The van der Waals surface area contributed by atoms with E-state index in [0.717, 1.165) is 12.0 Å². The maximum Gasteiger partial charge on any atom is 0.162 e. The highest BCUT2D eigenvalue weighted by atomic mass is 16.5. The number of carbonyl (C=O) groups excluding carboxylic acids is 1. The molecule has 0 aliphatic heterocycles. The van der Waals surface area contributed by atoms with E-state index in [1.54, 1.807) is 12.1 Å². The monoisotopic (exact) mass is 351 g/mol. The lowest BCUT2D eigenvalue weighted by molar-refractivity contribution is 0.0933. The number of aliphatic hydroxyl groups excluding tert-OH is 1. The first-order valence-electron chi connectivity index (χ1n) is 9.06. The zero-order valence-corrected chi connectivity index (χ0v) is 16.2. The van der Waals surface area contributed by atoms with Crippen molar-refractivity contribution in [3.05, 3.63) is 29.3 Å². The van der Waals surface area contributed by atoms with E-state index in [4.69, 9.17) is 9.47 Å². The van der Waals surface area contributed by atoms with Crippen molar-refractivity contribution in [1.82, 2.24) is 5.32 Å². The second kappa shape index (κ2) is 10.5. The Labute approximate surface area is 151 Å². The molecule has 0 bridgehead atoms. The van der Waals surface area contributed by atoms with Gasteiger partial charge in [0.15, 0.2) is 5.78 Å². The average molecular weight is 351 g/mol. The molecule has 0 amide bonds.